The number of hydrogen-bond donors (Lipinski definition) is 1. The van der Waals surface area contributed by atoms with E-state index >= 15 is 0 Å². The van der Waals surface area contributed by atoms with Gasteiger partial charge >= 0.3 is 0 Å². The predicted molar refractivity (Wildman–Crippen MR) is 89.5 cm³/mol. The number of benzene rings is 1. The van der Waals surface area contributed by atoms with E-state index in [4.69, 9.17) is 11.6 Å². The standard InChI is InChI=1S/C18H25ClN2O/c1-14-4-2-7-17(12-14)20-8-10-21(11-9-20)18(22)15-5-3-6-16(19)13-15/h3,5-6,13-14,17H,2,4,7-12H2,1H3/p+1/t14-,17-/m1/s1. The fourth-order valence-electron chi connectivity index (χ4n) is 4.01. The summed E-state index contributed by atoms with van der Waals surface area (Å²) in [6.45, 7) is 6.29. The van der Waals surface area contributed by atoms with Crippen LogP contribution in [0.25, 0.3) is 0 Å². The van der Waals surface area contributed by atoms with E-state index < -0.39 is 0 Å². The SMILES string of the molecule is C[C@@H]1CCC[C@@H]([NH+]2CCN(C(=O)c3cccc(Cl)c3)CC2)C1. The zero-order valence-corrected chi connectivity index (χ0v) is 14.1. The number of halogens is 1. The molecule has 0 unspecified atom stereocenters. The highest BCUT2D eigenvalue weighted by atomic mass is 35.5. The van der Waals surface area contributed by atoms with Crippen LogP contribution in [0.4, 0.5) is 0 Å². The Kier molecular flexibility index (Phi) is 5.04. The highest BCUT2D eigenvalue weighted by Gasteiger charge is 2.32. The summed E-state index contributed by atoms with van der Waals surface area (Å²) < 4.78 is 0. The Morgan fingerprint density at radius 1 is 1.27 bits per heavy atom. The van der Waals surface area contributed by atoms with Crippen LogP contribution >= 0.6 is 11.6 Å². The summed E-state index contributed by atoms with van der Waals surface area (Å²) in [6, 6.07) is 8.10. The van der Waals surface area contributed by atoms with Crippen molar-refractivity contribution in [2.75, 3.05) is 26.2 Å². The molecule has 1 aromatic carbocycles. The molecule has 0 bridgehead atoms. The summed E-state index contributed by atoms with van der Waals surface area (Å²) in [5, 5.41) is 0.631. The maximum atomic E-state index is 12.5. The number of nitrogens with zero attached hydrogens (tertiary/aromatic N) is 1. The average molecular weight is 322 g/mol. The monoisotopic (exact) mass is 321 g/mol. The minimum atomic E-state index is 0.124. The molecule has 22 heavy (non-hydrogen) atoms. The number of piperazine rings is 1. The molecule has 0 radical (unpaired) electrons. The van der Waals surface area contributed by atoms with Crippen LogP contribution in [0.5, 0.6) is 0 Å². The molecule has 1 aromatic rings. The second kappa shape index (κ2) is 7.01. The Morgan fingerprint density at radius 2 is 2.05 bits per heavy atom. The Morgan fingerprint density at radius 3 is 2.73 bits per heavy atom. The molecule has 3 nitrogen and oxygen atoms in total. The van der Waals surface area contributed by atoms with Crippen LogP contribution in [0, 0.1) is 5.92 Å². The van der Waals surface area contributed by atoms with Crippen molar-refractivity contribution in [3.63, 3.8) is 0 Å². The molecule has 1 aliphatic heterocycles. The fourth-order valence-corrected chi connectivity index (χ4v) is 4.20. The molecule has 120 valence electrons. The molecule has 0 aromatic heterocycles. The van der Waals surface area contributed by atoms with Crippen LogP contribution in [0.3, 0.4) is 0 Å². The number of carbonyl (C=O) groups excluding carboxylic acids is 1. The maximum Gasteiger partial charge on any atom is 0.254 e. The summed E-state index contributed by atoms with van der Waals surface area (Å²) in [6.07, 6.45) is 5.49. The number of hydrogen-bond acceptors (Lipinski definition) is 1. The smallest absolute Gasteiger partial charge is 0.254 e. The van der Waals surface area contributed by atoms with Gasteiger partial charge < -0.3 is 9.80 Å². The third kappa shape index (κ3) is 3.64. The van der Waals surface area contributed by atoms with Crippen molar-refractivity contribution in [1.82, 2.24) is 4.90 Å². The molecule has 1 amide bonds. The van der Waals surface area contributed by atoms with Gasteiger partial charge in [-0.15, -0.1) is 0 Å². The van der Waals surface area contributed by atoms with Crippen molar-refractivity contribution in [3.8, 4) is 0 Å². The summed E-state index contributed by atoms with van der Waals surface area (Å²) >= 11 is 5.99. The number of rotatable bonds is 2. The highest BCUT2D eigenvalue weighted by molar-refractivity contribution is 6.30. The summed E-state index contributed by atoms with van der Waals surface area (Å²) in [5.41, 5.74) is 0.710. The Hall–Kier alpha value is -1.06. The lowest BCUT2D eigenvalue weighted by molar-refractivity contribution is -0.930. The molecule has 4 heteroatoms. The number of amides is 1. The molecule has 2 fully saturated rings. The van der Waals surface area contributed by atoms with Crippen LogP contribution < -0.4 is 4.90 Å². The first kappa shape index (κ1) is 15.8. The Bertz CT molecular complexity index is 526. The molecular formula is C18H26ClN2O+. The van der Waals surface area contributed by atoms with E-state index in [1.165, 1.54) is 25.7 Å². The zero-order chi connectivity index (χ0) is 15.5. The molecule has 1 aliphatic carbocycles. The van der Waals surface area contributed by atoms with Gasteiger partial charge in [0.2, 0.25) is 0 Å². The predicted octanol–water partition coefficient (Wildman–Crippen LogP) is 2.26. The van der Waals surface area contributed by atoms with Crippen LogP contribution in [0.2, 0.25) is 5.02 Å². The minimum absolute atomic E-state index is 0.124. The van der Waals surface area contributed by atoms with Crippen molar-refractivity contribution in [3.05, 3.63) is 34.9 Å². The van der Waals surface area contributed by atoms with Gasteiger partial charge in [0.15, 0.2) is 0 Å². The second-order valence-electron chi connectivity index (χ2n) is 6.93. The topological polar surface area (TPSA) is 24.8 Å². The summed E-state index contributed by atoms with van der Waals surface area (Å²) in [7, 11) is 0. The third-order valence-electron chi connectivity index (χ3n) is 5.28. The first-order valence-electron chi connectivity index (χ1n) is 8.53. The van der Waals surface area contributed by atoms with Gasteiger partial charge in [0.25, 0.3) is 5.91 Å². The van der Waals surface area contributed by atoms with Crippen molar-refractivity contribution >= 4 is 17.5 Å². The van der Waals surface area contributed by atoms with Gasteiger partial charge in [-0.2, -0.15) is 0 Å². The molecule has 0 spiro atoms. The van der Waals surface area contributed by atoms with E-state index in [1.807, 2.05) is 23.1 Å². The van der Waals surface area contributed by atoms with E-state index in [0.717, 1.165) is 38.1 Å². The fraction of sp³-hybridized carbons (Fsp3) is 0.611. The van der Waals surface area contributed by atoms with Gasteiger partial charge in [0.05, 0.1) is 32.2 Å². The van der Waals surface area contributed by atoms with Gasteiger partial charge in [0.1, 0.15) is 0 Å². The molecular weight excluding hydrogens is 296 g/mol. The van der Waals surface area contributed by atoms with Crippen LogP contribution in [-0.2, 0) is 0 Å². The van der Waals surface area contributed by atoms with Crippen LogP contribution in [0.15, 0.2) is 24.3 Å². The van der Waals surface area contributed by atoms with Crippen LogP contribution in [-0.4, -0.2) is 43.0 Å². The Balaban J connectivity index is 1.56. The minimum Gasteiger partial charge on any atom is -0.330 e. The molecule has 2 aliphatic rings. The van der Waals surface area contributed by atoms with Crippen molar-refractivity contribution < 1.29 is 9.69 Å². The maximum absolute atomic E-state index is 12.5. The Labute approximate surface area is 138 Å². The van der Waals surface area contributed by atoms with E-state index in [9.17, 15) is 4.79 Å². The molecule has 3 rings (SSSR count). The van der Waals surface area contributed by atoms with E-state index in [0.29, 0.717) is 10.6 Å². The largest absolute Gasteiger partial charge is 0.330 e. The first-order chi connectivity index (χ1) is 10.6. The lowest BCUT2D eigenvalue weighted by Crippen LogP contribution is -3.18. The van der Waals surface area contributed by atoms with E-state index in [1.54, 1.807) is 11.0 Å². The zero-order valence-electron chi connectivity index (χ0n) is 13.4. The average Bonchev–Trinajstić information content (AvgIpc) is 2.54. The van der Waals surface area contributed by atoms with Gasteiger partial charge in [-0.3, -0.25) is 4.79 Å². The van der Waals surface area contributed by atoms with E-state index in [2.05, 4.69) is 6.92 Å². The first-order valence-corrected chi connectivity index (χ1v) is 8.90. The molecule has 1 saturated heterocycles. The van der Waals surface area contributed by atoms with Crippen molar-refractivity contribution in [2.45, 2.75) is 38.6 Å². The second-order valence-corrected chi connectivity index (χ2v) is 7.37. The quantitative estimate of drug-likeness (QED) is 0.888. The van der Waals surface area contributed by atoms with Gasteiger partial charge in [-0.1, -0.05) is 31.0 Å². The number of nitrogens with one attached hydrogen (secondary N) is 1. The van der Waals surface area contributed by atoms with Crippen molar-refractivity contribution in [1.29, 1.82) is 0 Å². The molecule has 1 heterocycles. The summed E-state index contributed by atoms with van der Waals surface area (Å²) in [5.74, 6) is 0.996. The van der Waals surface area contributed by atoms with E-state index in [-0.39, 0.29) is 5.91 Å². The van der Waals surface area contributed by atoms with Gasteiger partial charge in [-0.05, 0) is 37.0 Å². The summed E-state index contributed by atoms with van der Waals surface area (Å²) in [4.78, 5) is 16.2. The van der Waals surface area contributed by atoms with Crippen molar-refractivity contribution in [2.24, 2.45) is 5.92 Å². The van der Waals surface area contributed by atoms with Gasteiger partial charge in [0, 0.05) is 17.0 Å². The van der Waals surface area contributed by atoms with Gasteiger partial charge in [-0.25, -0.2) is 0 Å². The van der Waals surface area contributed by atoms with Crippen LogP contribution in [0.1, 0.15) is 43.0 Å². The molecule has 1 N–H and O–H groups in total. The lowest BCUT2D eigenvalue weighted by atomic mass is 9.86. The molecule has 2 atom stereocenters. The molecule has 1 saturated carbocycles. The normalized spacial score (nSPS) is 26.9. The lowest BCUT2D eigenvalue weighted by Gasteiger charge is -2.39. The number of quaternary nitrogens is 1. The third-order valence-corrected chi connectivity index (χ3v) is 5.51. The highest BCUT2D eigenvalue weighted by Crippen LogP contribution is 2.22. The number of carbonyl (C=O) groups is 1.